The number of piperazine rings is 1. The van der Waals surface area contributed by atoms with Crippen LogP contribution in [-0.4, -0.2) is 74.6 Å². The normalized spacial score (nSPS) is 24.6. The zero-order valence-electron chi connectivity index (χ0n) is 16.0. The summed E-state index contributed by atoms with van der Waals surface area (Å²) in [6.45, 7) is 11.4. The van der Waals surface area contributed by atoms with Crippen molar-refractivity contribution < 1.29 is 19.2 Å². The van der Waals surface area contributed by atoms with Crippen molar-refractivity contribution in [1.29, 1.82) is 0 Å². The Bertz CT molecular complexity index is 628. The predicted octanol–water partition coefficient (Wildman–Crippen LogP) is 0.230. The number of benzene rings is 1. The molecule has 1 aromatic rings. The molecular weight excluding hydrogens is 330 g/mol. The lowest BCUT2D eigenvalue weighted by Crippen LogP contribution is -3.16. The van der Waals surface area contributed by atoms with Gasteiger partial charge in [0.25, 0.3) is 5.91 Å². The number of anilines is 1. The van der Waals surface area contributed by atoms with Crippen LogP contribution < -0.4 is 9.80 Å². The minimum absolute atomic E-state index is 0.0936. The smallest absolute Gasteiger partial charge is 0.277 e. The number of ether oxygens (including phenoxy) is 1. The molecule has 6 nitrogen and oxygen atoms in total. The molecule has 0 saturated carbocycles. The third-order valence-electron chi connectivity index (χ3n) is 5.28. The van der Waals surface area contributed by atoms with Gasteiger partial charge in [0.15, 0.2) is 12.3 Å². The van der Waals surface area contributed by atoms with E-state index in [1.165, 1.54) is 4.90 Å². The molecule has 142 valence electrons. The summed E-state index contributed by atoms with van der Waals surface area (Å²) in [6.07, 6.45) is 0.236. The summed E-state index contributed by atoms with van der Waals surface area (Å²) in [5.74, 6) is 0.331. The standard InChI is InChI=1S/C20H29N3O3/c1-15-12-23(13-16(2)26-15)20(25)14-21-8-10-22(11-9-21)19-6-4-18(5-7-19)17(3)24/h4-7,15-16H,8-14H2,1-3H3/p+1/t15-,16-/m0/s1. The maximum atomic E-state index is 12.6. The van der Waals surface area contributed by atoms with Gasteiger partial charge in [0.1, 0.15) is 0 Å². The third-order valence-corrected chi connectivity index (χ3v) is 5.28. The fourth-order valence-corrected chi connectivity index (χ4v) is 3.87. The largest absolute Gasteiger partial charge is 0.372 e. The number of nitrogens with zero attached hydrogens (tertiary/aromatic N) is 2. The van der Waals surface area contributed by atoms with Crippen LogP contribution in [-0.2, 0) is 9.53 Å². The van der Waals surface area contributed by atoms with E-state index in [-0.39, 0.29) is 23.9 Å². The minimum atomic E-state index is 0.0936. The van der Waals surface area contributed by atoms with E-state index in [2.05, 4.69) is 4.90 Å². The Morgan fingerprint density at radius 2 is 1.65 bits per heavy atom. The highest BCUT2D eigenvalue weighted by atomic mass is 16.5. The van der Waals surface area contributed by atoms with Crippen LogP contribution in [0.25, 0.3) is 0 Å². The second kappa shape index (κ2) is 8.18. The van der Waals surface area contributed by atoms with Crippen LogP contribution >= 0.6 is 0 Å². The number of hydrogen-bond acceptors (Lipinski definition) is 4. The second-order valence-corrected chi connectivity index (χ2v) is 7.57. The number of Topliss-reactive ketones (excluding diaryl/α,β-unsaturated/α-hetero) is 1. The molecular formula is C20H30N3O3+. The third kappa shape index (κ3) is 4.62. The van der Waals surface area contributed by atoms with Crippen molar-refractivity contribution in [3.05, 3.63) is 29.8 Å². The second-order valence-electron chi connectivity index (χ2n) is 7.57. The number of nitrogens with one attached hydrogen (secondary N) is 1. The summed E-state index contributed by atoms with van der Waals surface area (Å²) in [4.78, 5) is 29.6. The maximum absolute atomic E-state index is 12.6. The molecule has 0 aliphatic carbocycles. The summed E-state index contributed by atoms with van der Waals surface area (Å²) < 4.78 is 5.71. The summed E-state index contributed by atoms with van der Waals surface area (Å²) in [7, 11) is 0. The van der Waals surface area contributed by atoms with Gasteiger partial charge >= 0.3 is 0 Å². The molecule has 26 heavy (non-hydrogen) atoms. The van der Waals surface area contributed by atoms with Gasteiger partial charge in [-0.2, -0.15) is 0 Å². The summed E-state index contributed by atoms with van der Waals surface area (Å²) in [5, 5.41) is 0. The lowest BCUT2D eigenvalue weighted by atomic mass is 10.1. The Morgan fingerprint density at radius 3 is 2.19 bits per heavy atom. The van der Waals surface area contributed by atoms with Crippen LogP contribution in [0.2, 0.25) is 0 Å². The Hall–Kier alpha value is -1.92. The number of carbonyl (C=O) groups excluding carboxylic acids is 2. The van der Waals surface area contributed by atoms with Gasteiger partial charge in [-0.1, -0.05) is 0 Å². The highest BCUT2D eigenvalue weighted by Gasteiger charge is 2.29. The van der Waals surface area contributed by atoms with Gasteiger partial charge < -0.3 is 19.4 Å². The number of carbonyl (C=O) groups is 2. The molecule has 0 unspecified atom stereocenters. The summed E-state index contributed by atoms with van der Waals surface area (Å²) in [5.41, 5.74) is 1.90. The molecule has 2 heterocycles. The van der Waals surface area contributed by atoms with Crippen molar-refractivity contribution >= 4 is 17.4 Å². The van der Waals surface area contributed by atoms with Crippen LogP contribution in [0.5, 0.6) is 0 Å². The zero-order chi connectivity index (χ0) is 18.7. The van der Waals surface area contributed by atoms with Crippen molar-refractivity contribution in [3.63, 3.8) is 0 Å². The average molecular weight is 360 g/mol. The molecule has 1 aromatic carbocycles. The molecule has 0 aromatic heterocycles. The Balaban J connectivity index is 1.49. The number of ketones is 1. The molecule has 2 aliphatic rings. The fraction of sp³-hybridized carbons (Fsp3) is 0.600. The predicted molar refractivity (Wildman–Crippen MR) is 101 cm³/mol. The molecule has 2 aliphatic heterocycles. The number of quaternary nitrogens is 1. The molecule has 1 N–H and O–H groups in total. The first-order valence-electron chi connectivity index (χ1n) is 9.55. The van der Waals surface area contributed by atoms with Crippen LogP contribution in [0.3, 0.4) is 0 Å². The molecule has 2 atom stereocenters. The van der Waals surface area contributed by atoms with Crippen molar-refractivity contribution in [3.8, 4) is 0 Å². The molecule has 0 bridgehead atoms. The van der Waals surface area contributed by atoms with Crippen LogP contribution in [0.4, 0.5) is 5.69 Å². The first-order chi connectivity index (χ1) is 12.4. The molecule has 0 spiro atoms. The van der Waals surface area contributed by atoms with Crippen molar-refractivity contribution in [2.45, 2.75) is 33.0 Å². The van der Waals surface area contributed by atoms with Crippen molar-refractivity contribution in [2.75, 3.05) is 50.7 Å². The van der Waals surface area contributed by atoms with Gasteiger partial charge in [0.2, 0.25) is 0 Å². The first kappa shape index (κ1) is 18.9. The maximum Gasteiger partial charge on any atom is 0.277 e. The molecule has 2 saturated heterocycles. The van der Waals surface area contributed by atoms with Gasteiger partial charge in [-0.15, -0.1) is 0 Å². The van der Waals surface area contributed by atoms with Crippen molar-refractivity contribution in [2.24, 2.45) is 0 Å². The summed E-state index contributed by atoms with van der Waals surface area (Å²) >= 11 is 0. The van der Waals surface area contributed by atoms with Gasteiger partial charge in [0, 0.05) is 24.3 Å². The van der Waals surface area contributed by atoms with E-state index < -0.39 is 0 Å². The van der Waals surface area contributed by atoms with E-state index in [9.17, 15) is 9.59 Å². The van der Waals surface area contributed by atoms with Crippen LogP contribution in [0, 0.1) is 0 Å². The monoisotopic (exact) mass is 360 g/mol. The Labute approximate surface area is 155 Å². The Kier molecular flexibility index (Phi) is 5.94. The van der Waals surface area contributed by atoms with Gasteiger partial charge in [-0.05, 0) is 45.0 Å². The first-order valence-corrected chi connectivity index (χ1v) is 9.55. The van der Waals surface area contributed by atoms with E-state index in [4.69, 9.17) is 4.74 Å². The van der Waals surface area contributed by atoms with E-state index in [0.717, 1.165) is 37.4 Å². The highest BCUT2D eigenvalue weighted by Crippen LogP contribution is 2.15. The quantitative estimate of drug-likeness (QED) is 0.781. The van der Waals surface area contributed by atoms with E-state index >= 15 is 0 Å². The van der Waals surface area contributed by atoms with Gasteiger partial charge in [0.05, 0.1) is 38.4 Å². The minimum Gasteiger partial charge on any atom is -0.372 e. The SMILES string of the molecule is CC(=O)c1ccc(N2CC[NH+](CC(=O)N3C[C@H](C)O[C@@H](C)C3)CC2)cc1. The summed E-state index contributed by atoms with van der Waals surface area (Å²) in [6, 6.07) is 7.81. The lowest BCUT2D eigenvalue weighted by molar-refractivity contribution is -0.892. The molecule has 0 radical (unpaired) electrons. The molecule has 1 amide bonds. The number of hydrogen-bond donors (Lipinski definition) is 1. The number of amides is 1. The Morgan fingerprint density at radius 1 is 1.08 bits per heavy atom. The van der Waals surface area contributed by atoms with E-state index in [0.29, 0.717) is 19.6 Å². The lowest BCUT2D eigenvalue weighted by Gasteiger charge is -2.37. The van der Waals surface area contributed by atoms with Gasteiger partial charge in [-0.25, -0.2) is 0 Å². The van der Waals surface area contributed by atoms with E-state index in [1.807, 2.05) is 43.0 Å². The topological polar surface area (TPSA) is 54.3 Å². The number of rotatable bonds is 4. The van der Waals surface area contributed by atoms with Crippen LogP contribution in [0.1, 0.15) is 31.1 Å². The fourth-order valence-electron chi connectivity index (χ4n) is 3.87. The number of morpholine rings is 1. The average Bonchev–Trinajstić information content (AvgIpc) is 2.61. The molecule has 2 fully saturated rings. The zero-order valence-corrected chi connectivity index (χ0v) is 16.0. The van der Waals surface area contributed by atoms with Crippen molar-refractivity contribution in [1.82, 2.24) is 4.90 Å². The molecule has 3 rings (SSSR count). The molecule has 6 heteroatoms. The van der Waals surface area contributed by atoms with Crippen LogP contribution in [0.15, 0.2) is 24.3 Å². The van der Waals surface area contributed by atoms with E-state index in [1.54, 1.807) is 6.92 Å². The highest BCUT2D eigenvalue weighted by molar-refractivity contribution is 5.94. The van der Waals surface area contributed by atoms with Gasteiger partial charge in [-0.3, -0.25) is 9.59 Å².